The zero-order chi connectivity index (χ0) is 19.2. The molecule has 27 heavy (non-hydrogen) atoms. The molecule has 0 saturated heterocycles. The minimum absolute atomic E-state index is 0.0952. The van der Waals surface area contributed by atoms with E-state index in [-0.39, 0.29) is 18.4 Å². The number of nitrogens with one attached hydrogen (secondary N) is 2. The van der Waals surface area contributed by atoms with Gasteiger partial charge in [-0.05, 0) is 50.3 Å². The van der Waals surface area contributed by atoms with E-state index in [1.807, 2.05) is 24.3 Å². The van der Waals surface area contributed by atoms with Crippen molar-refractivity contribution in [3.05, 3.63) is 40.3 Å². The molecule has 1 amide bonds. The fraction of sp³-hybridized carbons (Fsp3) is 0.400. The van der Waals surface area contributed by atoms with Crippen LogP contribution in [0.4, 0.5) is 10.7 Å². The molecule has 6 nitrogen and oxygen atoms in total. The average molecular weight is 388 g/mol. The van der Waals surface area contributed by atoms with E-state index in [0.29, 0.717) is 17.2 Å². The highest BCUT2D eigenvalue weighted by atomic mass is 32.1. The maximum absolute atomic E-state index is 12.4. The van der Waals surface area contributed by atoms with Gasteiger partial charge < -0.3 is 20.1 Å². The van der Waals surface area contributed by atoms with Gasteiger partial charge in [0.2, 0.25) is 5.91 Å². The highest BCUT2D eigenvalue weighted by Crippen LogP contribution is 2.38. The van der Waals surface area contributed by atoms with Crippen molar-refractivity contribution in [3.63, 3.8) is 0 Å². The number of esters is 1. The second kappa shape index (κ2) is 8.90. The van der Waals surface area contributed by atoms with Gasteiger partial charge in [0.25, 0.3) is 0 Å². The molecule has 0 saturated carbocycles. The molecule has 144 valence electrons. The molecule has 2 aromatic rings. The summed E-state index contributed by atoms with van der Waals surface area (Å²) in [5, 5.41) is 6.56. The first-order valence-corrected chi connectivity index (χ1v) is 9.93. The van der Waals surface area contributed by atoms with Crippen molar-refractivity contribution >= 4 is 33.9 Å². The van der Waals surface area contributed by atoms with E-state index < -0.39 is 0 Å². The standard InChI is InChI=1S/C20H24N2O4S/c1-3-26-20(24)18-15-9-4-5-10-16(15)27-19(18)22-17(23)12-21-13-7-6-8-14(11-13)25-2/h6-8,11,21H,3-5,9-10,12H2,1-2H3,(H,22,23). The van der Waals surface area contributed by atoms with Crippen molar-refractivity contribution < 1.29 is 19.1 Å². The van der Waals surface area contributed by atoms with Gasteiger partial charge in [0.1, 0.15) is 10.8 Å². The lowest BCUT2D eigenvalue weighted by Gasteiger charge is -2.12. The van der Waals surface area contributed by atoms with Crippen molar-refractivity contribution in [3.8, 4) is 5.75 Å². The Kier molecular flexibility index (Phi) is 6.34. The highest BCUT2D eigenvalue weighted by molar-refractivity contribution is 7.17. The number of carbonyl (C=O) groups excluding carboxylic acids is 2. The van der Waals surface area contributed by atoms with Crippen molar-refractivity contribution in [2.45, 2.75) is 32.6 Å². The van der Waals surface area contributed by atoms with E-state index in [9.17, 15) is 9.59 Å². The van der Waals surface area contributed by atoms with Crippen molar-refractivity contribution in [1.29, 1.82) is 0 Å². The van der Waals surface area contributed by atoms with E-state index in [4.69, 9.17) is 9.47 Å². The number of hydrogen-bond acceptors (Lipinski definition) is 6. The van der Waals surface area contributed by atoms with Crippen LogP contribution in [0.3, 0.4) is 0 Å². The van der Waals surface area contributed by atoms with Crippen LogP contribution in [-0.2, 0) is 22.4 Å². The van der Waals surface area contributed by atoms with Crippen molar-refractivity contribution in [1.82, 2.24) is 0 Å². The molecule has 7 heteroatoms. The number of ether oxygens (including phenoxy) is 2. The van der Waals surface area contributed by atoms with Crippen LogP contribution in [0, 0.1) is 0 Å². The quantitative estimate of drug-likeness (QED) is 0.705. The Hall–Kier alpha value is -2.54. The predicted octanol–water partition coefficient (Wildman–Crippen LogP) is 3.86. The molecule has 1 heterocycles. The van der Waals surface area contributed by atoms with Gasteiger partial charge in [0, 0.05) is 16.6 Å². The van der Waals surface area contributed by atoms with Crippen LogP contribution >= 0.6 is 11.3 Å². The van der Waals surface area contributed by atoms with E-state index in [2.05, 4.69) is 10.6 Å². The summed E-state index contributed by atoms with van der Waals surface area (Å²) in [5.74, 6) is 0.158. The number of benzene rings is 1. The Morgan fingerprint density at radius 1 is 1.22 bits per heavy atom. The summed E-state index contributed by atoms with van der Waals surface area (Å²) in [6.45, 7) is 2.19. The average Bonchev–Trinajstić information content (AvgIpc) is 3.04. The van der Waals surface area contributed by atoms with Crippen LogP contribution in [0.25, 0.3) is 0 Å². The molecule has 0 fully saturated rings. The summed E-state index contributed by atoms with van der Waals surface area (Å²) < 4.78 is 10.4. The molecule has 0 atom stereocenters. The smallest absolute Gasteiger partial charge is 0.341 e. The summed E-state index contributed by atoms with van der Waals surface area (Å²) in [5.41, 5.74) is 2.37. The van der Waals surface area contributed by atoms with Gasteiger partial charge in [-0.25, -0.2) is 4.79 Å². The molecular weight excluding hydrogens is 364 g/mol. The zero-order valence-electron chi connectivity index (χ0n) is 15.6. The number of carbonyl (C=O) groups is 2. The second-order valence-corrected chi connectivity index (χ2v) is 7.37. The first-order chi connectivity index (χ1) is 13.1. The van der Waals surface area contributed by atoms with Gasteiger partial charge in [-0.15, -0.1) is 11.3 Å². The third kappa shape index (κ3) is 4.60. The van der Waals surface area contributed by atoms with Crippen LogP contribution in [-0.4, -0.2) is 32.1 Å². The number of methoxy groups -OCH3 is 1. The van der Waals surface area contributed by atoms with Crippen LogP contribution in [0.5, 0.6) is 5.75 Å². The van der Waals surface area contributed by atoms with Gasteiger partial charge in [0.15, 0.2) is 0 Å². The highest BCUT2D eigenvalue weighted by Gasteiger charge is 2.27. The summed E-state index contributed by atoms with van der Waals surface area (Å²) >= 11 is 1.49. The molecular formula is C20H24N2O4S. The Morgan fingerprint density at radius 3 is 2.81 bits per heavy atom. The molecule has 0 radical (unpaired) electrons. The van der Waals surface area contributed by atoms with Crippen LogP contribution in [0.2, 0.25) is 0 Å². The summed E-state index contributed by atoms with van der Waals surface area (Å²) in [4.78, 5) is 26.0. The Morgan fingerprint density at radius 2 is 2.04 bits per heavy atom. The zero-order valence-corrected chi connectivity index (χ0v) is 16.4. The molecule has 1 aromatic carbocycles. The maximum Gasteiger partial charge on any atom is 0.341 e. The fourth-order valence-electron chi connectivity index (χ4n) is 3.16. The topological polar surface area (TPSA) is 76.7 Å². The molecule has 0 unspecified atom stereocenters. The number of rotatable bonds is 7. The summed E-state index contributed by atoms with van der Waals surface area (Å²) in [6.07, 6.45) is 3.98. The maximum atomic E-state index is 12.4. The monoisotopic (exact) mass is 388 g/mol. The largest absolute Gasteiger partial charge is 0.497 e. The van der Waals surface area contributed by atoms with E-state index in [0.717, 1.165) is 42.7 Å². The Bertz CT molecular complexity index is 831. The van der Waals surface area contributed by atoms with Crippen molar-refractivity contribution in [2.24, 2.45) is 0 Å². The first kappa shape index (κ1) is 19.2. The Labute approximate surface area is 162 Å². The molecule has 0 spiro atoms. The fourth-order valence-corrected chi connectivity index (χ4v) is 4.45. The lowest BCUT2D eigenvalue weighted by atomic mass is 9.95. The lowest BCUT2D eigenvalue weighted by Crippen LogP contribution is -2.22. The molecule has 0 bridgehead atoms. The Balaban J connectivity index is 1.71. The van der Waals surface area contributed by atoms with Crippen molar-refractivity contribution in [2.75, 3.05) is 30.9 Å². The first-order valence-electron chi connectivity index (χ1n) is 9.11. The second-order valence-electron chi connectivity index (χ2n) is 6.27. The third-order valence-electron chi connectivity index (χ3n) is 4.43. The summed E-state index contributed by atoms with van der Waals surface area (Å²) in [6, 6.07) is 7.38. The lowest BCUT2D eigenvalue weighted by molar-refractivity contribution is -0.114. The predicted molar refractivity (Wildman–Crippen MR) is 107 cm³/mol. The molecule has 0 aliphatic heterocycles. The van der Waals surface area contributed by atoms with Gasteiger partial charge in [-0.2, -0.15) is 0 Å². The van der Waals surface area contributed by atoms with Crippen LogP contribution in [0.15, 0.2) is 24.3 Å². The number of aryl methyl sites for hydroxylation is 1. The molecule has 1 aromatic heterocycles. The molecule has 1 aliphatic rings. The molecule has 1 aliphatic carbocycles. The van der Waals surface area contributed by atoms with Gasteiger partial charge in [-0.3, -0.25) is 4.79 Å². The van der Waals surface area contributed by atoms with E-state index >= 15 is 0 Å². The SMILES string of the molecule is CCOC(=O)c1c(NC(=O)CNc2cccc(OC)c2)sc2c1CCCC2. The summed E-state index contributed by atoms with van der Waals surface area (Å²) in [7, 11) is 1.60. The number of anilines is 2. The molecule has 3 rings (SSSR count). The minimum Gasteiger partial charge on any atom is -0.497 e. The molecule has 2 N–H and O–H groups in total. The number of amides is 1. The number of thiophene rings is 1. The minimum atomic E-state index is -0.354. The van der Waals surface area contributed by atoms with Crippen LogP contribution in [0.1, 0.15) is 40.6 Å². The van der Waals surface area contributed by atoms with Gasteiger partial charge >= 0.3 is 5.97 Å². The van der Waals surface area contributed by atoms with Gasteiger partial charge in [-0.1, -0.05) is 6.07 Å². The number of fused-ring (bicyclic) bond motifs is 1. The number of hydrogen-bond donors (Lipinski definition) is 2. The van der Waals surface area contributed by atoms with Crippen LogP contribution < -0.4 is 15.4 Å². The van der Waals surface area contributed by atoms with Gasteiger partial charge in [0.05, 0.1) is 25.8 Å². The van der Waals surface area contributed by atoms with E-state index in [1.54, 1.807) is 14.0 Å². The normalized spacial score (nSPS) is 12.8. The van der Waals surface area contributed by atoms with E-state index in [1.165, 1.54) is 16.2 Å². The third-order valence-corrected chi connectivity index (χ3v) is 5.63.